The molecular weight excluding hydrogens is 234 g/mol. The molecule has 0 N–H and O–H groups in total. The summed E-state index contributed by atoms with van der Waals surface area (Å²) in [6.07, 6.45) is 0. The summed E-state index contributed by atoms with van der Waals surface area (Å²) < 4.78 is 9.90. The van der Waals surface area contributed by atoms with E-state index in [1.165, 1.54) is 7.11 Å². The Morgan fingerprint density at radius 1 is 1.22 bits per heavy atom. The SMILES string of the molecule is CCN(C)C(=O)COc1ccc(C(=O)OC)cc1. The van der Waals surface area contributed by atoms with Gasteiger partial charge in [0.15, 0.2) is 6.61 Å². The Morgan fingerprint density at radius 3 is 2.33 bits per heavy atom. The first-order chi connectivity index (χ1) is 8.58. The summed E-state index contributed by atoms with van der Waals surface area (Å²) in [5, 5.41) is 0. The average Bonchev–Trinajstić information content (AvgIpc) is 2.43. The van der Waals surface area contributed by atoms with Gasteiger partial charge in [-0.1, -0.05) is 0 Å². The van der Waals surface area contributed by atoms with Crippen molar-refractivity contribution in [2.45, 2.75) is 6.92 Å². The fraction of sp³-hybridized carbons (Fsp3) is 0.385. The second-order valence-corrected chi connectivity index (χ2v) is 3.71. The zero-order valence-electron chi connectivity index (χ0n) is 10.8. The van der Waals surface area contributed by atoms with Gasteiger partial charge in [-0.2, -0.15) is 0 Å². The first-order valence-corrected chi connectivity index (χ1v) is 5.63. The molecule has 0 aromatic heterocycles. The third-order valence-corrected chi connectivity index (χ3v) is 2.54. The summed E-state index contributed by atoms with van der Waals surface area (Å²) in [5.74, 6) is 0.0541. The monoisotopic (exact) mass is 251 g/mol. The van der Waals surface area contributed by atoms with Crippen molar-refractivity contribution in [3.63, 3.8) is 0 Å². The lowest BCUT2D eigenvalue weighted by Crippen LogP contribution is -2.31. The van der Waals surface area contributed by atoms with Crippen LogP contribution in [0.2, 0.25) is 0 Å². The van der Waals surface area contributed by atoms with Crippen LogP contribution in [0.4, 0.5) is 0 Å². The van der Waals surface area contributed by atoms with Crippen molar-refractivity contribution in [2.75, 3.05) is 27.3 Å². The fourth-order valence-corrected chi connectivity index (χ4v) is 1.24. The number of nitrogens with zero attached hydrogens (tertiary/aromatic N) is 1. The molecule has 18 heavy (non-hydrogen) atoms. The van der Waals surface area contributed by atoms with E-state index in [1.807, 2.05) is 6.92 Å². The van der Waals surface area contributed by atoms with E-state index in [1.54, 1.807) is 36.2 Å². The van der Waals surface area contributed by atoms with Crippen molar-refractivity contribution in [1.82, 2.24) is 4.90 Å². The second-order valence-electron chi connectivity index (χ2n) is 3.71. The molecule has 0 spiro atoms. The predicted molar refractivity (Wildman–Crippen MR) is 66.6 cm³/mol. The number of rotatable bonds is 5. The van der Waals surface area contributed by atoms with E-state index in [0.717, 1.165) is 0 Å². The van der Waals surface area contributed by atoms with Gasteiger partial charge in [0.1, 0.15) is 5.75 Å². The smallest absolute Gasteiger partial charge is 0.337 e. The van der Waals surface area contributed by atoms with Gasteiger partial charge in [-0.25, -0.2) is 4.79 Å². The quantitative estimate of drug-likeness (QED) is 0.741. The van der Waals surface area contributed by atoms with E-state index in [2.05, 4.69) is 4.74 Å². The van der Waals surface area contributed by atoms with Gasteiger partial charge in [-0.15, -0.1) is 0 Å². The van der Waals surface area contributed by atoms with E-state index >= 15 is 0 Å². The topological polar surface area (TPSA) is 55.8 Å². The Hall–Kier alpha value is -2.04. The molecule has 0 saturated heterocycles. The standard InChI is InChI=1S/C13H17NO4/c1-4-14(2)12(15)9-18-11-7-5-10(6-8-11)13(16)17-3/h5-8H,4,9H2,1-3H3. The Kier molecular flexibility index (Phi) is 5.17. The van der Waals surface area contributed by atoms with Crippen molar-refractivity contribution in [3.8, 4) is 5.75 Å². The molecule has 0 aliphatic carbocycles. The molecule has 0 radical (unpaired) electrons. The molecule has 5 nitrogen and oxygen atoms in total. The number of hydrogen-bond donors (Lipinski definition) is 0. The summed E-state index contributed by atoms with van der Waals surface area (Å²) >= 11 is 0. The number of benzene rings is 1. The van der Waals surface area contributed by atoms with Crippen molar-refractivity contribution in [3.05, 3.63) is 29.8 Å². The van der Waals surface area contributed by atoms with Crippen LogP contribution in [-0.2, 0) is 9.53 Å². The molecule has 0 saturated carbocycles. The van der Waals surface area contributed by atoms with Gasteiger partial charge in [0.25, 0.3) is 5.91 Å². The summed E-state index contributed by atoms with van der Waals surface area (Å²) in [6, 6.07) is 6.45. The van der Waals surface area contributed by atoms with Crippen LogP contribution >= 0.6 is 0 Å². The number of ether oxygens (including phenoxy) is 2. The van der Waals surface area contributed by atoms with Crippen molar-refractivity contribution in [1.29, 1.82) is 0 Å². The van der Waals surface area contributed by atoms with Crippen molar-refractivity contribution in [2.24, 2.45) is 0 Å². The van der Waals surface area contributed by atoms with Crippen LogP contribution in [0.1, 0.15) is 17.3 Å². The Labute approximate surface area is 106 Å². The average molecular weight is 251 g/mol. The third-order valence-electron chi connectivity index (χ3n) is 2.54. The summed E-state index contributed by atoms with van der Waals surface area (Å²) in [5.41, 5.74) is 0.446. The number of carbonyl (C=O) groups excluding carboxylic acids is 2. The number of esters is 1. The minimum Gasteiger partial charge on any atom is -0.484 e. The van der Waals surface area contributed by atoms with Crippen LogP contribution in [0, 0.1) is 0 Å². The largest absolute Gasteiger partial charge is 0.484 e. The van der Waals surface area contributed by atoms with Crippen LogP contribution in [0.5, 0.6) is 5.75 Å². The Bertz CT molecular complexity index is 414. The molecule has 98 valence electrons. The number of hydrogen-bond acceptors (Lipinski definition) is 4. The number of amides is 1. The minimum absolute atomic E-state index is 0.0120. The second kappa shape index (κ2) is 6.64. The zero-order chi connectivity index (χ0) is 13.5. The lowest BCUT2D eigenvalue weighted by molar-refractivity contribution is -0.131. The van der Waals surface area contributed by atoms with Gasteiger partial charge in [0.05, 0.1) is 12.7 Å². The highest BCUT2D eigenvalue weighted by atomic mass is 16.5. The lowest BCUT2D eigenvalue weighted by Gasteiger charge is -2.14. The summed E-state index contributed by atoms with van der Waals surface area (Å²) in [4.78, 5) is 24.3. The Balaban J connectivity index is 2.54. The first-order valence-electron chi connectivity index (χ1n) is 5.63. The molecule has 0 bridgehead atoms. The molecule has 1 aromatic carbocycles. The summed E-state index contributed by atoms with van der Waals surface area (Å²) in [7, 11) is 3.04. The maximum atomic E-state index is 11.5. The third kappa shape index (κ3) is 3.76. The number of carbonyl (C=O) groups is 2. The van der Waals surface area contributed by atoms with Gasteiger partial charge in [-0.05, 0) is 31.2 Å². The molecule has 1 rings (SSSR count). The van der Waals surface area contributed by atoms with Crippen LogP contribution in [-0.4, -0.2) is 44.1 Å². The van der Waals surface area contributed by atoms with Crippen LogP contribution in [0.15, 0.2) is 24.3 Å². The molecule has 1 amide bonds. The molecule has 0 atom stereocenters. The molecular formula is C13H17NO4. The highest BCUT2D eigenvalue weighted by Crippen LogP contribution is 2.12. The van der Waals surface area contributed by atoms with Crippen molar-refractivity contribution >= 4 is 11.9 Å². The van der Waals surface area contributed by atoms with E-state index in [-0.39, 0.29) is 12.5 Å². The molecule has 0 fully saturated rings. The van der Waals surface area contributed by atoms with Crippen LogP contribution in [0.3, 0.4) is 0 Å². The van der Waals surface area contributed by atoms with E-state index in [9.17, 15) is 9.59 Å². The van der Waals surface area contributed by atoms with Gasteiger partial charge < -0.3 is 14.4 Å². The molecule has 0 aliphatic heterocycles. The lowest BCUT2D eigenvalue weighted by atomic mass is 10.2. The number of likely N-dealkylation sites (N-methyl/N-ethyl adjacent to an activating group) is 1. The zero-order valence-corrected chi connectivity index (χ0v) is 10.8. The fourth-order valence-electron chi connectivity index (χ4n) is 1.24. The highest BCUT2D eigenvalue weighted by Gasteiger charge is 2.08. The molecule has 0 aliphatic rings. The van der Waals surface area contributed by atoms with E-state index in [0.29, 0.717) is 17.9 Å². The normalized spacial score (nSPS) is 9.72. The van der Waals surface area contributed by atoms with Crippen LogP contribution in [0.25, 0.3) is 0 Å². The molecule has 5 heteroatoms. The number of methoxy groups -OCH3 is 1. The minimum atomic E-state index is -0.400. The van der Waals surface area contributed by atoms with Crippen molar-refractivity contribution < 1.29 is 19.1 Å². The van der Waals surface area contributed by atoms with E-state index in [4.69, 9.17) is 4.74 Å². The highest BCUT2D eigenvalue weighted by molar-refractivity contribution is 5.89. The van der Waals surface area contributed by atoms with Gasteiger partial charge in [-0.3, -0.25) is 4.79 Å². The maximum Gasteiger partial charge on any atom is 0.337 e. The predicted octanol–water partition coefficient (Wildman–Crippen LogP) is 1.33. The Morgan fingerprint density at radius 2 is 1.83 bits per heavy atom. The van der Waals surface area contributed by atoms with Gasteiger partial charge >= 0.3 is 5.97 Å². The van der Waals surface area contributed by atoms with Crippen LogP contribution < -0.4 is 4.74 Å². The van der Waals surface area contributed by atoms with Gasteiger partial charge in [0, 0.05) is 13.6 Å². The molecule has 0 heterocycles. The summed E-state index contributed by atoms with van der Waals surface area (Å²) in [6.45, 7) is 2.52. The molecule has 0 unspecified atom stereocenters. The maximum absolute atomic E-state index is 11.5. The van der Waals surface area contributed by atoms with E-state index < -0.39 is 5.97 Å². The first kappa shape index (κ1) is 14.0. The van der Waals surface area contributed by atoms with Gasteiger partial charge in [0.2, 0.25) is 0 Å². The molecule has 1 aromatic rings.